The summed E-state index contributed by atoms with van der Waals surface area (Å²) in [5.74, 6) is 0.677. The van der Waals surface area contributed by atoms with Gasteiger partial charge in [0.05, 0.1) is 19.7 Å². The van der Waals surface area contributed by atoms with Gasteiger partial charge >= 0.3 is 0 Å². The Hall–Kier alpha value is -4.66. The van der Waals surface area contributed by atoms with Crippen LogP contribution in [0.15, 0.2) is 84.9 Å². The summed E-state index contributed by atoms with van der Waals surface area (Å²) in [5, 5.41) is 6.20. The van der Waals surface area contributed by atoms with Crippen molar-refractivity contribution < 1.29 is 28.2 Å². The third-order valence-electron chi connectivity index (χ3n) is 6.19. The van der Waals surface area contributed by atoms with E-state index in [0.717, 1.165) is 0 Å². The van der Waals surface area contributed by atoms with Gasteiger partial charge in [0.25, 0.3) is 0 Å². The second-order valence-electron chi connectivity index (χ2n) is 8.68. The number of pyridine rings is 1. The highest BCUT2D eigenvalue weighted by atomic mass is 19.1. The maximum absolute atomic E-state index is 13.1. The topological polar surface area (TPSA) is 98.8 Å². The number of carbonyl (C=O) groups excluding carboxylic acids is 2. The predicted octanol–water partition coefficient (Wildman–Crippen LogP) is 5.28. The molecule has 2 aromatic carbocycles. The van der Waals surface area contributed by atoms with Crippen LogP contribution >= 0.6 is 0 Å². The molecule has 1 fully saturated rings. The Labute approximate surface area is 219 Å². The molecule has 0 atom stereocenters. The van der Waals surface area contributed by atoms with E-state index in [2.05, 4.69) is 22.2 Å². The number of nitrogens with one attached hydrogen (secondary N) is 2. The van der Waals surface area contributed by atoms with E-state index < -0.39 is 23.0 Å². The number of anilines is 1. The molecule has 1 aromatic heterocycles. The lowest BCUT2D eigenvalue weighted by Gasteiger charge is -2.16. The molecule has 1 heterocycles. The average molecular weight is 518 g/mol. The molecule has 9 heteroatoms. The van der Waals surface area contributed by atoms with Gasteiger partial charge in [0.15, 0.2) is 11.5 Å². The van der Waals surface area contributed by atoms with E-state index in [1.165, 1.54) is 24.3 Å². The smallest absolute Gasteiger partial charge is 0.240 e. The molecule has 1 aliphatic rings. The zero-order chi connectivity index (χ0) is 27.3. The zero-order valence-corrected chi connectivity index (χ0v) is 21.3. The van der Waals surface area contributed by atoms with Crippen molar-refractivity contribution in [3.05, 3.63) is 90.7 Å². The van der Waals surface area contributed by atoms with Crippen molar-refractivity contribution in [2.24, 2.45) is 5.41 Å². The highest BCUT2D eigenvalue weighted by Crippen LogP contribution is 2.47. The van der Waals surface area contributed by atoms with Crippen molar-refractivity contribution >= 4 is 28.4 Å². The monoisotopic (exact) mass is 517 g/mol. The van der Waals surface area contributed by atoms with Gasteiger partial charge in [-0.1, -0.05) is 12.7 Å². The largest absolute Gasteiger partial charge is 0.493 e. The van der Waals surface area contributed by atoms with Crippen LogP contribution in [0.3, 0.4) is 0 Å². The minimum Gasteiger partial charge on any atom is -0.493 e. The summed E-state index contributed by atoms with van der Waals surface area (Å²) in [6.07, 6.45) is 7.42. The third-order valence-corrected chi connectivity index (χ3v) is 6.19. The number of ether oxygens (including phenoxy) is 3. The van der Waals surface area contributed by atoms with Crippen LogP contribution in [0.25, 0.3) is 10.9 Å². The molecule has 38 heavy (non-hydrogen) atoms. The molecule has 196 valence electrons. The first kappa shape index (κ1) is 26.4. The van der Waals surface area contributed by atoms with Crippen molar-refractivity contribution in [1.82, 2.24) is 10.3 Å². The van der Waals surface area contributed by atoms with Crippen LogP contribution in [0.4, 0.5) is 10.1 Å². The number of rotatable bonds is 10. The maximum Gasteiger partial charge on any atom is 0.240 e. The highest BCUT2D eigenvalue weighted by molar-refractivity contribution is 6.13. The van der Waals surface area contributed by atoms with E-state index in [9.17, 15) is 14.0 Å². The van der Waals surface area contributed by atoms with Crippen LogP contribution in [0.1, 0.15) is 19.8 Å². The lowest BCUT2D eigenvalue weighted by Crippen LogP contribution is -2.39. The first-order valence-electron chi connectivity index (χ1n) is 11.9. The minimum atomic E-state index is -1.17. The van der Waals surface area contributed by atoms with Crippen LogP contribution in [-0.4, -0.2) is 31.0 Å². The van der Waals surface area contributed by atoms with Gasteiger partial charge < -0.3 is 24.8 Å². The van der Waals surface area contributed by atoms with Gasteiger partial charge in [-0.25, -0.2) is 4.39 Å². The molecule has 1 saturated carbocycles. The number of aromatic nitrogens is 1. The molecule has 0 aliphatic heterocycles. The third kappa shape index (κ3) is 5.67. The van der Waals surface area contributed by atoms with Crippen molar-refractivity contribution in [1.29, 1.82) is 0 Å². The Morgan fingerprint density at radius 3 is 2.32 bits per heavy atom. The van der Waals surface area contributed by atoms with E-state index in [0.29, 0.717) is 58.1 Å². The number of nitrogens with zero attached hydrogens (tertiary/aromatic N) is 1. The molecule has 2 N–H and O–H groups in total. The molecule has 3 aromatic rings. The number of amides is 2. The van der Waals surface area contributed by atoms with Gasteiger partial charge in [0, 0.05) is 29.0 Å². The number of fused-ring (bicyclic) bond motifs is 1. The lowest BCUT2D eigenvalue weighted by molar-refractivity contribution is -0.133. The van der Waals surface area contributed by atoms with Gasteiger partial charge in [-0.3, -0.25) is 14.6 Å². The van der Waals surface area contributed by atoms with Crippen molar-refractivity contribution in [2.45, 2.75) is 19.8 Å². The van der Waals surface area contributed by atoms with Gasteiger partial charge in [-0.15, -0.1) is 0 Å². The number of hydrogen-bond acceptors (Lipinski definition) is 6. The zero-order valence-electron chi connectivity index (χ0n) is 21.3. The van der Waals surface area contributed by atoms with E-state index in [-0.39, 0.29) is 0 Å². The molecular weight excluding hydrogens is 489 g/mol. The molecule has 0 saturated heterocycles. The molecular formula is C29H28FN3O5. The molecule has 0 radical (unpaired) electrons. The second kappa shape index (κ2) is 11.2. The summed E-state index contributed by atoms with van der Waals surface area (Å²) in [7, 11) is 3.10. The standard InChI is InChI=1S/C29H28FN3O5/c1-5-20(32-27(34)29(13-14-29)28(35)33-21-10-7-19(30)8-11-21)9-6-18(2)38-24-12-15-31-23-17-26(37-4)25(36-3)16-22(23)24/h5-12,15-17H,2,13-14H2,1,3-4H3,(H,32,34)(H,33,35)/b9-6-,20-5+. The van der Waals surface area contributed by atoms with Crippen LogP contribution < -0.4 is 24.8 Å². The first-order valence-corrected chi connectivity index (χ1v) is 11.9. The number of halogens is 1. The molecule has 8 nitrogen and oxygen atoms in total. The summed E-state index contributed by atoms with van der Waals surface area (Å²) >= 11 is 0. The fourth-order valence-electron chi connectivity index (χ4n) is 3.82. The average Bonchev–Trinajstić information content (AvgIpc) is 3.74. The lowest BCUT2D eigenvalue weighted by atomic mass is 10.0. The molecule has 0 spiro atoms. The number of carbonyl (C=O) groups is 2. The maximum atomic E-state index is 13.1. The van der Waals surface area contributed by atoms with E-state index in [4.69, 9.17) is 14.2 Å². The Balaban J connectivity index is 1.41. The number of benzene rings is 2. The second-order valence-corrected chi connectivity index (χ2v) is 8.68. The van der Waals surface area contributed by atoms with Crippen molar-refractivity contribution in [2.75, 3.05) is 19.5 Å². The quantitative estimate of drug-likeness (QED) is 0.216. The van der Waals surface area contributed by atoms with Crippen LogP contribution in [0.5, 0.6) is 17.2 Å². The number of hydrogen-bond donors (Lipinski definition) is 2. The van der Waals surface area contributed by atoms with Gasteiger partial charge in [0.2, 0.25) is 11.8 Å². The van der Waals surface area contributed by atoms with Crippen molar-refractivity contribution in [3.8, 4) is 17.2 Å². The van der Waals surface area contributed by atoms with Crippen LogP contribution in [-0.2, 0) is 9.59 Å². The fraction of sp³-hybridized carbons (Fsp3) is 0.207. The Morgan fingerprint density at radius 1 is 1.00 bits per heavy atom. The predicted molar refractivity (Wildman–Crippen MR) is 142 cm³/mol. The van der Waals surface area contributed by atoms with Gasteiger partial charge in [-0.2, -0.15) is 0 Å². The SMILES string of the molecule is C=C(/C=C\C(=C/C)NC(=O)C1(C(=O)Nc2ccc(F)cc2)CC1)Oc1ccnc2cc(OC)c(OC)cc12. The Morgan fingerprint density at radius 2 is 1.68 bits per heavy atom. The first-order chi connectivity index (χ1) is 18.3. The van der Waals surface area contributed by atoms with Crippen LogP contribution in [0.2, 0.25) is 0 Å². The molecule has 1 aliphatic carbocycles. The van der Waals surface area contributed by atoms with Gasteiger partial charge in [-0.05, 0) is 68.3 Å². The van der Waals surface area contributed by atoms with Crippen molar-refractivity contribution in [3.63, 3.8) is 0 Å². The van der Waals surface area contributed by atoms with Gasteiger partial charge in [0.1, 0.15) is 22.7 Å². The molecule has 4 rings (SSSR count). The molecule has 0 bridgehead atoms. The van der Waals surface area contributed by atoms with E-state index in [1.54, 1.807) is 63.8 Å². The summed E-state index contributed by atoms with van der Waals surface area (Å²) in [5.41, 5.74) is 0.397. The minimum absolute atomic E-state index is 0.316. The molecule has 2 amide bonds. The summed E-state index contributed by atoms with van der Waals surface area (Å²) in [6, 6.07) is 10.6. The normalized spacial score (nSPS) is 14.2. The fourth-order valence-corrected chi connectivity index (χ4v) is 3.82. The molecule has 0 unspecified atom stereocenters. The summed E-state index contributed by atoms with van der Waals surface area (Å²) < 4.78 is 29.8. The number of allylic oxidation sites excluding steroid dienone is 3. The Bertz CT molecular complexity index is 1440. The number of methoxy groups -OCH3 is 2. The van der Waals surface area contributed by atoms with E-state index >= 15 is 0 Å². The highest BCUT2D eigenvalue weighted by Gasteiger charge is 2.56. The summed E-state index contributed by atoms with van der Waals surface area (Å²) in [6.45, 7) is 5.71. The Kier molecular flexibility index (Phi) is 7.76. The van der Waals surface area contributed by atoms with E-state index in [1.807, 2.05) is 0 Å². The summed E-state index contributed by atoms with van der Waals surface area (Å²) in [4.78, 5) is 30.1. The van der Waals surface area contributed by atoms with Crippen LogP contribution in [0, 0.1) is 11.2 Å².